The molecule has 0 aliphatic rings. The fraction of sp³-hybridized carbons (Fsp3) is 0. The lowest BCUT2D eigenvalue weighted by Gasteiger charge is -2.06. The maximum Gasteiger partial charge on any atom is 0.339 e. The number of aromatic carboxylic acids is 1. The molecule has 1 heterocycles. The van der Waals surface area contributed by atoms with Gasteiger partial charge in [0.25, 0.3) is 0 Å². The molecule has 0 atom stereocenters. The molecule has 1 aromatic carbocycles. The van der Waals surface area contributed by atoms with Gasteiger partial charge in [-0.25, -0.2) is 19.2 Å². The number of benzene rings is 1. The first-order chi connectivity index (χ1) is 8.56. The number of aromatic nitrogens is 2. The van der Waals surface area contributed by atoms with Gasteiger partial charge in [-0.1, -0.05) is 11.6 Å². The van der Waals surface area contributed by atoms with E-state index in [-0.39, 0.29) is 17.3 Å². The highest BCUT2D eigenvalue weighted by molar-refractivity contribution is 6.30. The van der Waals surface area contributed by atoms with Gasteiger partial charge in [0.2, 0.25) is 0 Å². The molecule has 2 rings (SSSR count). The molecule has 0 bridgehead atoms. The Morgan fingerprint density at radius 1 is 1.33 bits per heavy atom. The Labute approximate surface area is 106 Å². The van der Waals surface area contributed by atoms with Crippen LogP contribution in [0.1, 0.15) is 10.4 Å². The van der Waals surface area contributed by atoms with Crippen molar-refractivity contribution in [2.24, 2.45) is 0 Å². The third-order valence-corrected chi connectivity index (χ3v) is 2.17. The summed E-state index contributed by atoms with van der Waals surface area (Å²) in [6, 6.07) is 3.05. The number of carboxylic acid groups (broad SMARTS) is 1. The molecule has 18 heavy (non-hydrogen) atoms. The highest BCUT2D eigenvalue weighted by Crippen LogP contribution is 2.24. The number of halogens is 2. The van der Waals surface area contributed by atoms with Crippen molar-refractivity contribution < 1.29 is 19.0 Å². The summed E-state index contributed by atoms with van der Waals surface area (Å²) in [5.74, 6) is -2.03. The van der Waals surface area contributed by atoms with Crippen LogP contribution in [0.15, 0.2) is 30.6 Å². The summed E-state index contributed by atoms with van der Waals surface area (Å²) in [5.41, 5.74) is -0.312. The summed E-state index contributed by atoms with van der Waals surface area (Å²) < 4.78 is 18.1. The van der Waals surface area contributed by atoms with Crippen molar-refractivity contribution >= 4 is 17.6 Å². The lowest BCUT2D eigenvalue weighted by molar-refractivity contribution is 0.0693. The average Bonchev–Trinajstić information content (AvgIpc) is 2.34. The van der Waals surface area contributed by atoms with Crippen molar-refractivity contribution in [3.8, 4) is 11.8 Å². The van der Waals surface area contributed by atoms with Gasteiger partial charge in [-0.3, -0.25) is 0 Å². The average molecular weight is 269 g/mol. The number of nitrogens with zero attached hydrogens (tertiary/aromatic N) is 2. The third-order valence-electron chi connectivity index (χ3n) is 1.97. The smallest absolute Gasteiger partial charge is 0.339 e. The van der Waals surface area contributed by atoms with Crippen LogP contribution in [0.2, 0.25) is 5.02 Å². The Morgan fingerprint density at radius 3 is 2.61 bits per heavy atom. The largest absolute Gasteiger partial charge is 0.478 e. The minimum Gasteiger partial charge on any atom is -0.478 e. The molecule has 0 saturated heterocycles. The van der Waals surface area contributed by atoms with E-state index in [1.54, 1.807) is 0 Å². The van der Waals surface area contributed by atoms with Crippen LogP contribution in [-0.4, -0.2) is 21.0 Å². The Morgan fingerprint density at radius 2 is 2.00 bits per heavy atom. The zero-order valence-electron chi connectivity index (χ0n) is 8.80. The van der Waals surface area contributed by atoms with Crippen molar-refractivity contribution in [2.45, 2.75) is 0 Å². The maximum atomic E-state index is 12.9. The molecule has 92 valence electrons. The van der Waals surface area contributed by atoms with Crippen LogP contribution in [0.3, 0.4) is 0 Å². The highest BCUT2D eigenvalue weighted by Gasteiger charge is 2.14. The third kappa shape index (κ3) is 2.72. The molecule has 5 nitrogen and oxygen atoms in total. The molecule has 1 aromatic heterocycles. The van der Waals surface area contributed by atoms with Crippen LogP contribution >= 0.6 is 11.6 Å². The summed E-state index contributed by atoms with van der Waals surface area (Å²) in [5, 5.41) is 9.22. The predicted octanol–water partition coefficient (Wildman–Crippen LogP) is 2.76. The van der Waals surface area contributed by atoms with Gasteiger partial charge in [0.1, 0.15) is 17.1 Å². The summed E-state index contributed by atoms with van der Waals surface area (Å²) in [7, 11) is 0. The fourth-order valence-electron chi connectivity index (χ4n) is 1.21. The standard InChI is InChI=1S/C11H6ClFN2O3/c12-6-4-14-11(15-5-6)18-9-2-1-7(13)3-8(9)10(16)17/h1-5H,(H,16,17). The van der Waals surface area contributed by atoms with E-state index < -0.39 is 11.8 Å². The monoisotopic (exact) mass is 268 g/mol. The van der Waals surface area contributed by atoms with E-state index in [1.807, 2.05) is 0 Å². The normalized spacial score (nSPS) is 10.1. The Kier molecular flexibility index (Phi) is 3.38. The molecule has 7 heteroatoms. The Hall–Kier alpha value is -2.21. The molecule has 1 N–H and O–H groups in total. The van der Waals surface area contributed by atoms with Gasteiger partial charge in [0.05, 0.1) is 17.4 Å². The summed E-state index contributed by atoms with van der Waals surface area (Å²) in [4.78, 5) is 18.4. The Balaban J connectivity index is 2.34. The number of hydrogen-bond donors (Lipinski definition) is 1. The SMILES string of the molecule is O=C(O)c1cc(F)ccc1Oc1ncc(Cl)cn1. The van der Waals surface area contributed by atoms with E-state index in [2.05, 4.69) is 9.97 Å². The minimum absolute atomic E-state index is 0.0498. The van der Waals surface area contributed by atoms with Crippen LogP contribution < -0.4 is 4.74 Å². The van der Waals surface area contributed by atoms with Crippen molar-refractivity contribution in [3.05, 3.63) is 47.0 Å². The Bertz CT molecular complexity index is 589. The van der Waals surface area contributed by atoms with Crippen molar-refractivity contribution in [1.82, 2.24) is 9.97 Å². The fourth-order valence-corrected chi connectivity index (χ4v) is 1.31. The number of rotatable bonds is 3. The van der Waals surface area contributed by atoms with Gasteiger partial charge in [0.15, 0.2) is 0 Å². The first-order valence-corrected chi connectivity index (χ1v) is 5.12. The topological polar surface area (TPSA) is 72.3 Å². The van der Waals surface area contributed by atoms with Gasteiger partial charge < -0.3 is 9.84 Å². The van der Waals surface area contributed by atoms with Crippen LogP contribution in [0.25, 0.3) is 0 Å². The first kappa shape index (κ1) is 12.3. The van der Waals surface area contributed by atoms with E-state index in [9.17, 15) is 9.18 Å². The van der Waals surface area contributed by atoms with Crippen molar-refractivity contribution in [3.63, 3.8) is 0 Å². The zero-order valence-corrected chi connectivity index (χ0v) is 9.56. The van der Waals surface area contributed by atoms with Gasteiger partial charge in [-0.05, 0) is 18.2 Å². The molecule has 2 aromatic rings. The van der Waals surface area contributed by atoms with Crippen LogP contribution in [-0.2, 0) is 0 Å². The highest BCUT2D eigenvalue weighted by atomic mass is 35.5. The van der Waals surface area contributed by atoms with E-state index in [0.29, 0.717) is 5.02 Å². The predicted molar refractivity (Wildman–Crippen MR) is 60.5 cm³/mol. The molecule has 0 amide bonds. The molecule has 0 unspecified atom stereocenters. The van der Waals surface area contributed by atoms with Gasteiger partial charge in [0, 0.05) is 0 Å². The number of carbonyl (C=O) groups is 1. The van der Waals surface area contributed by atoms with Gasteiger partial charge in [-0.15, -0.1) is 0 Å². The summed E-state index contributed by atoms with van der Waals surface area (Å²) in [6.45, 7) is 0. The lowest BCUT2D eigenvalue weighted by atomic mass is 10.2. The van der Waals surface area contributed by atoms with E-state index in [4.69, 9.17) is 21.4 Å². The molecule has 0 saturated carbocycles. The molecular weight excluding hydrogens is 263 g/mol. The summed E-state index contributed by atoms with van der Waals surface area (Å²) >= 11 is 5.59. The van der Waals surface area contributed by atoms with Gasteiger partial charge in [-0.2, -0.15) is 0 Å². The molecule has 0 fully saturated rings. The number of ether oxygens (including phenoxy) is 1. The van der Waals surface area contributed by atoms with E-state index >= 15 is 0 Å². The maximum absolute atomic E-state index is 12.9. The van der Waals surface area contributed by atoms with E-state index in [0.717, 1.165) is 12.1 Å². The number of hydrogen-bond acceptors (Lipinski definition) is 4. The molecule has 0 spiro atoms. The van der Waals surface area contributed by atoms with E-state index in [1.165, 1.54) is 18.5 Å². The summed E-state index contributed by atoms with van der Waals surface area (Å²) in [6.07, 6.45) is 2.60. The molecular formula is C11H6ClFN2O3. The van der Waals surface area contributed by atoms with Crippen LogP contribution in [0.4, 0.5) is 4.39 Å². The first-order valence-electron chi connectivity index (χ1n) is 4.74. The van der Waals surface area contributed by atoms with Crippen molar-refractivity contribution in [2.75, 3.05) is 0 Å². The quantitative estimate of drug-likeness (QED) is 0.927. The second kappa shape index (κ2) is 4.97. The molecule has 0 aliphatic carbocycles. The molecule has 0 radical (unpaired) electrons. The second-order valence-electron chi connectivity index (χ2n) is 3.23. The zero-order chi connectivity index (χ0) is 13.1. The molecule has 0 aliphatic heterocycles. The minimum atomic E-state index is -1.31. The second-order valence-corrected chi connectivity index (χ2v) is 3.67. The lowest BCUT2D eigenvalue weighted by Crippen LogP contribution is -2.02. The van der Waals surface area contributed by atoms with Crippen LogP contribution in [0.5, 0.6) is 11.8 Å². The van der Waals surface area contributed by atoms with Crippen molar-refractivity contribution in [1.29, 1.82) is 0 Å². The van der Waals surface area contributed by atoms with Gasteiger partial charge >= 0.3 is 12.0 Å². The number of carboxylic acids is 1. The van der Waals surface area contributed by atoms with Crippen LogP contribution in [0, 0.1) is 5.82 Å².